The van der Waals surface area contributed by atoms with E-state index in [0.717, 1.165) is 40.9 Å². The molecule has 9 heteroatoms. The second-order valence-electron chi connectivity index (χ2n) is 7.02. The second-order valence-corrected chi connectivity index (χ2v) is 7.02. The lowest BCUT2D eigenvalue weighted by molar-refractivity contribution is -0.383. The Bertz CT molecular complexity index is 1210. The Morgan fingerprint density at radius 1 is 1.21 bits per heavy atom. The fourth-order valence-corrected chi connectivity index (χ4v) is 3.80. The fraction of sp³-hybridized carbons (Fsp3) is 0.200. The Morgan fingerprint density at radius 3 is 2.90 bits per heavy atom. The monoisotopic (exact) mass is 387 g/mol. The predicted octanol–water partition coefficient (Wildman–Crippen LogP) is 2.88. The molecule has 0 saturated heterocycles. The van der Waals surface area contributed by atoms with E-state index in [9.17, 15) is 10.1 Å². The van der Waals surface area contributed by atoms with Gasteiger partial charge in [0.25, 0.3) is 5.69 Å². The number of nitrogens with zero attached hydrogens (tertiary/aromatic N) is 6. The third kappa shape index (κ3) is 3.21. The molecule has 0 saturated carbocycles. The van der Waals surface area contributed by atoms with Crippen LogP contribution in [-0.2, 0) is 19.5 Å². The maximum Gasteiger partial charge on any atom is 0.279 e. The summed E-state index contributed by atoms with van der Waals surface area (Å²) in [6.07, 6.45) is 9.44. The summed E-state index contributed by atoms with van der Waals surface area (Å²) in [4.78, 5) is 33.7. The average Bonchev–Trinajstić information content (AvgIpc) is 3.16. The SMILES string of the molecule is O=[N+]([O-])c1cccc2[nH]cc(CN3CCc4cnc(-c5cncnc5)nc4C3)c12. The van der Waals surface area contributed by atoms with Gasteiger partial charge in [0, 0.05) is 50.5 Å². The van der Waals surface area contributed by atoms with Gasteiger partial charge in [-0.25, -0.2) is 19.9 Å². The molecule has 3 aromatic heterocycles. The van der Waals surface area contributed by atoms with Crippen molar-refractivity contribution in [2.24, 2.45) is 0 Å². The Kier molecular flexibility index (Phi) is 4.21. The number of hydrogen-bond donors (Lipinski definition) is 1. The van der Waals surface area contributed by atoms with Crippen molar-refractivity contribution < 1.29 is 4.92 Å². The molecule has 4 heterocycles. The minimum Gasteiger partial charge on any atom is -0.361 e. The van der Waals surface area contributed by atoms with Gasteiger partial charge >= 0.3 is 0 Å². The van der Waals surface area contributed by atoms with Gasteiger partial charge in [0.15, 0.2) is 5.82 Å². The first-order chi connectivity index (χ1) is 14.2. The first-order valence-corrected chi connectivity index (χ1v) is 9.25. The first-order valence-electron chi connectivity index (χ1n) is 9.25. The van der Waals surface area contributed by atoms with Crippen LogP contribution < -0.4 is 0 Å². The maximum atomic E-state index is 11.4. The highest BCUT2D eigenvalue weighted by atomic mass is 16.6. The number of benzene rings is 1. The largest absolute Gasteiger partial charge is 0.361 e. The van der Waals surface area contributed by atoms with Crippen molar-refractivity contribution in [2.45, 2.75) is 19.5 Å². The van der Waals surface area contributed by atoms with E-state index in [2.05, 4.69) is 24.8 Å². The number of fused-ring (bicyclic) bond motifs is 2. The van der Waals surface area contributed by atoms with Crippen molar-refractivity contribution in [1.29, 1.82) is 0 Å². The second kappa shape index (κ2) is 7.02. The molecular weight excluding hydrogens is 370 g/mol. The summed E-state index contributed by atoms with van der Waals surface area (Å²) in [7, 11) is 0. The number of aromatic nitrogens is 5. The molecule has 1 aromatic carbocycles. The normalized spacial score (nSPS) is 14.1. The highest BCUT2D eigenvalue weighted by molar-refractivity contribution is 5.91. The molecule has 0 bridgehead atoms. The van der Waals surface area contributed by atoms with Crippen LogP contribution in [0.4, 0.5) is 5.69 Å². The molecule has 4 aromatic rings. The van der Waals surface area contributed by atoms with Crippen molar-refractivity contribution in [2.75, 3.05) is 6.54 Å². The van der Waals surface area contributed by atoms with Gasteiger partial charge in [-0.05, 0) is 23.6 Å². The van der Waals surface area contributed by atoms with E-state index in [1.54, 1.807) is 24.5 Å². The van der Waals surface area contributed by atoms with Gasteiger partial charge in [-0.2, -0.15) is 0 Å². The quantitative estimate of drug-likeness (QED) is 0.423. The molecule has 1 aliphatic rings. The average molecular weight is 387 g/mol. The number of nitro benzene ring substituents is 1. The summed E-state index contributed by atoms with van der Waals surface area (Å²) in [6, 6.07) is 5.11. The third-order valence-corrected chi connectivity index (χ3v) is 5.20. The number of aromatic amines is 1. The van der Waals surface area contributed by atoms with E-state index in [-0.39, 0.29) is 10.6 Å². The fourth-order valence-electron chi connectivity index (χ4n) is 3.80. The van der Waals surface area contributed by atoms with Gasteiger partial charge in [-0.1, -0.05) is 6.07 Å². The van der Waals surface area contributed by atoms with E-state index in [1.165, 1.54) is 6.33 Å². The third-order valence-electron chi connectivity index (χ3n) is 5.20. The van der Waals surface area contributed by atoms with Crippen molar-refractivity contribution in [3.05, 3.63) is 76.2 Å². The highest BCUT2D eigenvalue weighted by Crippen LogP contribution is 2.30. The molecule has 0 fully saturated rings. The summed E-state index contributed by atoms with van der Waals surface area (Å²) >= 11 is 0. The van der Waals surface area contributed by atoms with Gasteiger partial charge in [0.2, 0.25) is 0 Å². The van der Waals surface area contributed by atoms with E-state index >= 15 is 0 Å². The van der Waals surface area contributed by atoms with Crippen LogP contribution in [0.15, 0.2) is 49.3 Å². The molecular formula is C20H17N7O2. The molecule has 9 nitrogen and oxygen atoms in total. The summed E-state index contributed by atoms with van der Waals surface area (Å²) in [5.41, 5.74) is 4.71. The molecule has 29 heavy (non-hydrogen) atoms. The molecule has 0 aliphatic carbocycles. The minimum atomic E-state index is -0.327. The molecule has 0 unspecified atom stereocenters. The molecule has 5 rings (SSSR count). The van der Waals surface area contributed by atoms with E-state index < -0.39 is 0 Å². The highest BCUT2D eigenvalue weighted by Gasteiger charge is 2.22. The van der Waals surface area contributed by atoms with Gasteiger partial charge in [0.05, 0.1) is 27.1 Å². The molecule has 0 amide bonds. The van der Waals surface area contributed by atoms with E-state index in [0.29, 0.717) is 24.3 Å². The molecule has 0 atom stereocenters. The van der Waals surface area contributed by atoms with Crippen LogP contribution in [0, 0.1) is 10.1 Å². The number of non-ortho nitro benzene ring substituents is 1. The predicted molar refractivity (Wildman–Crippen MR) is 106 cm³/mol. The first kappa shape index (κ1) is 17.4. The summed E-state index contributed by atoms with van der Waals surface area (Å²) in [6.45, 7) is 2.11. The topological polar surface area (TPSA) is 114 Å². The van der Waals surface area contributed by atoms with Crippen LogP contribution in [0.2, 0.25) is 0 Å². The lowest BCUT2D eigenvalue weighted by Crippen LogP contribution is -2.31. The summed E-state index contributed by atoms with van der Waals surface area (Å²) in [5, 5.41) is 12.1. The van der Waals surface area contributed by atoms with Crippen LogP contribution in [-0.4, -0.2) is 41.3 Å². The van der Waals surface area contributed by atoms with Crippen molar-refractivity contribution in [3.63, 3.8) is 0 Å². The molecule has 0 radical (unpaired) electrons. The standard InChI is InChI=1S/C20H17N7O2/c28-27(29)18-3-1-2-16-19(18)15(9-23-16)10-26-5-4-13-8-24-20(25-17(13)11-26)14-6-21-12-22-7-14/h1-3,6-9,12,23H,4-5,10-11H2. The Balaban J connectivity index is 1.43. The van der Waals surface area contributed by atoms with Gasteiger partial charge in [0.1, 0.15) is 6.33 Å². The lowest BCUT2D eigenvalue weighted by Gasteiger charge is -2.27. The number of hydrogen-bond acceptors (Lipinski definition) is 7. The Labute approximate surface area is 165 Å². The van der Waals surface area contributed by atoms with E-state index in [4.69, 9.17) is 4.98 Å². The molecule has 144 valence electrons. The smallest absolute Gasteiger partial charge is 0.279 e. The van der Waals surface area contributed by atoms with Crippen LogP contribution in [0.5, 0.6) is 0 Å². The maximum absolute atomic E-state index is 11.4. The number of nitro groups is 1. The van der Waals surface area contributed by atoms with Crippen molar-refractivity contribution in [3.8, 4) is 11.4 Å². The number of H-pyrrole nitrogens is 1. The van der Waals surface area contributed by atoms with Gasteiger partial charge in [-0.15, -0.1) is 0 Å². The van der Waals surface area contributed by atoms with Crippen LogP contribution in [0.25, 0.3) is 22.3 Å². The zero-order chi connectivity index (χ0) is 19.8. The Morgan fingerprint density at radius 2 is 2.07 bits per heavy atom. The van der Waals surface area contributed by atoms with Crippen LogP contribution >= 0.6 is 0 Å². The summed E-state index contributed by atoms with van der Waals surface area (Å²) in [5.74, 6) is 0.605. The Hall–Kier alpha value is -3.72. The van der Waals surface area contributed by atoms with Crippen LogP contribution in [0.1, 0.15) is 16.8 Å². The zero-order valence-corrected chi connectivity index (χ0v) is 15.4. The molecule has 1 aliphatic heterocycles. The summed E-state index contributed by atoms with van der Waals surface area (Å²) < 4.78 is 0. The van der Waals surface area contributed by atoms with Crippen molar-refractivity contribution in [1.82, 2.24) is 29.8 Å². The minimum absolute atomic E-state index is 0.129. The van der Waals surface area contributed by atoms with Crippen LogP contribution in [0.3, 0.4) is 0 Å². The molecule has 0 spiro atoms. The molecule has 1 N–H and O–H groups in total. The number of nitrogens with one attached hydrogen (secondary N) is 1. The number of rotatable bonds is 4. The van der Waals surface area contributed by atoms with E-state index in [1.807, 2.05) is 18.5 Å². The van der Waals surface area contributed by atoms with Gasteiger partial charge < -0.3 is 4.98 Å². The zero-order valence-electron chi connectivity index (χ0n) is 15.4. The van der Waals surface area contributed by atoms with Gasteiger partial charge in [-0.3, -0.25) is 15.0 Å². The lowest BCUT2D eigenvalue weighted by atomic mass is 10.0. The van der Waals surface area contributed by atoms with Crippen molar-refractivity contribution >= 4 is 16.6 Å².